The van der Waals surface area contributed by atoms with Crippen LogP contribution in [0.5, 0.6) is 0 Å². The van der Waals surface area contributed by atoms with Crippen LogP contribution in [0.1, 0.15) is 88.8 Å². The molecular formula is C27H34BFN4O3. The number of carbonyl (C=O) groups excluding carboxylic acids is 1. The van der Waals surface area contributed by atoms with Gasteiger partial charge in [-0.15, -0.1) is 0 Å². The van der Waals surface area contributed by atoms with E-state index in [1.54, 1.807) is 4.90 Å². The Morgan fingerprint density at radius 3 is 2.72 bits per heavy atom. The Kier molecular flexibility index (Phi) is 5.47. The van der Waals surface area contributed by atoms with Gasteiger partial charge < -0.3 is 14.2 Å². The lowest BCUT2D eigenvalue weighted by atomic mass is 9.85. The third-order valence-corrected chi connectivity index (χ3v) is 8.82. The molecule has 0 aromatic carbocycles. The predicted octanol–water partition coefficient (Wildman–Crippen LogP) is 4.13. The molecule has 0 spiro atoms. The van der Waals surface area contributed by atoms with Gasteiger partial charge in [-0.05, 0) is 77.0 Å². The third kappa shape index (κ3) is 3.65. The summed E-state index contributed by atoms with van der Waals surface area (Å²) in [7, 11) is -0.600. The molecule has 4 aliphatic rings. The lowest BCUT2D eigenvalue weighted by Gasteiger charge is -2.39. The van der Waals surface area contributed by atoms with E-state index in [9.17, 15) is 4.79 Å². The zero-order valence-corrected chi connectivity index (χ0v) is 21.8. The van der Waals surface area contributed by atoms with Crippen molar-refractivity contribution in [2.24, 2.45) is 0 Å². The number of alkyl halides is 1. The number of nitrogens with zero attached hydrogens (tertiary/aromatic N) is 4. The molecule has 0 N–H and O–H groups in total. The van der Waals surface area contributed by atoms with Gasteiger partial charge in [0.1, 0.15) is 11.9 Å². The first kappa shape index (κ1) is 23.9. The van der Waals surface area contributed by atoms with Crippen LogP contribution in [-0.2, 0) is 9.31 Å². The van der Waals surface area contributed by atoms with Crippen molar-refractivity contribution in [1.29, 1.82) is 0 Å². The summed E-state index contributed by atoms with van der Waals surface area (Å²) in [6, 6.07) is 3.56. The summed E-state index contributed by atoms with van der Waals surface area (Å²) in [6.45, 7) is 10.3. The minimum absolute atomic E-state index is 0.0493. The molecule has 2 aromatic rings. The molecule has 3 unspecified atom stereocenters. The van der Waals surface area contributed by atoms with Gasteiger partial charge in [-0.2, -0.15) is 5.10 Å². The van der Waals surface area contributed by atoms with Crippen LogP contribution in [0.3, 0.4) is 0 Å². The average molecular weight is 492 g/mol. The second kappa shape index (κ2) is 8.25. The standard InChI is InChI=1S/C27H34BFN4O3/c1-6-27(5)26(3,4)35-28(36-27)23-14-24-30-21(13-22(17-11-12-17)33(24)31-23)25(34)32-15-20(29)19-10-8-7-9-18(19)16(32)2/h8,10,13-14,16-17,20H,6-7,9,11-12,15H2,1-5H3. The second-order valence-corrected chi connectivity index (χ2v) is 11.4. The molecule has 1 saturated carbocycles. The highest BCUT2D eigenvalue weighted by Crippen LogP contribution is 2.41. The Morgan fingerprint density at radius 1 is 1.25 bits per heavy atom. The van der Waals surface area contributed by atoms with Gasteiger partial charge in [-0.1, -0.05) is 19.1 Å². The molecule has 1 amide bonds. The topological polar surface area (TPSA) is 69.0 Å². The SMILES string of the molecule is CCC1(C)OB(c2cc3nc(C(=O)N4CC(F)C5=C(CCC=C5)C4C)cc(C4CC4)n3n2)OC1(C)C. The van der Waals surface area contributed by atoms with E-state index >= 15 is 4.39 Å². The fraction of sp³-hybridized carbons (Fsp3) is 0.593. The molecule has 9 heteroatoms. The summed E-state index contributed by atoms with van der Waals surface area (Å²) in [5.74, 6) is 0.106. The van der Waals surface area contributed by atoms with E-state index < -0.39 is 24.5 Å². The van der Waals surface area contributed by atoms with Crippen molar-refractivity contribution < 1.29 is 18.5 Å². The number of hydrogen-bond donors (Lipinski definition) is 0. The second-order valence-electron chi connectivity index (χ2n) is 11.4. The van der Waals surface area contributed by atoms with Crippen LogP contribution >= 0.6 is 0 Å². The van der Waals surface area contributed by atoms with Crippen LogP contribution in [0.25, 0.3) is 5.65 Å². The number of allylic oxidation sites excluding steroid dienone is 2. The quantitative estimate of drug-likeness (QED) is 0.601. The van der Waals surface area contributed by atoms with Crippen LogP contribution in [0.2, 0.25) is 0 Å². The van der Waals surface area contributed by atoms with Gasteiger partial charge in [0.15, 0.2) is 5.65 Å². The van der Waals surface area contributed by atoms with Crippen LogP contribution in [-0.4, -0.2) is 62.5 Å². The first-order chi connectivity index (χ1) is 17.1. The van der Waals surface area contributed by atoms with Gasteiger partial charge in [0.2, 0.25) is 0 Å². The van der Waals surface area contributed by atoms with Gasteiger partial charge in [0, 0.05) is 17.7 Å². The van der Waals surface area contributed by atoms with Gasteiger partial charge in [-0.3, -0.25) is 4.79 Å². The molecule has 2 aromatic heterocycles. The number of fused-ring (bicyclic) bond motifs is 1. The zero-order valence-electron chi connectivity index (χ0n) is 21.8. The van der Waals surface area contributed by atoms with E-state index in [2.05, 4.69) is 13.8 Å². The van der Waals surface area contributed by atoms with Crippen LogP contribution in [0, 0.1) is 0 Å². The van der Waals surface area contributed by atoms with E-state index in [1.807, 2.05) is 49.6 Å². The highest BCUT2D eigenvalue weighted by atomic mass is 19.1. The Hall–Kier alpha value is -2.52. The largest absolute Gasteiger partial charge is 0.516 e. The van der Waals surface area contributed by atoms with Crippen LogP contribution < -0.4 is 5.59 Å². The molecule has 36 heavy (non-hydrogen) atoms. The van der Waals surface area contributed by atoms with Gasteiger partial charge in [0.25, 0.3) is 5.91 Å². The van der Waals surface area contributed by atoms with Crippen molar-refractivity contribution in [2.45, 2.75) is 96.1 Å². The first-order valence-electron chi connectivity index (χ1n) is 13.2. The molecule has 3 atom stereocenters. The number of halogens is 1. The van der Waals surface area contributed by atoms with E-state index in [1.165, 1.54) is 0 Å². The molecule has 2 aliphatic carbocycles. The summed E-state index contributed by atoms with van der Waals surface area (Å²) in [4.78, 5) is 20.1. The van der Waals surface area contributed by atoms with E-state index in [0.717, 1.165) is 48.9 Å². The number of rotatable bonds is 4. The fourth-order valence-electron chi connectivity index (χ4n) is 5.81. The maximum atomic E-state index is 15.1. The minimum Gasteiger partial charge on any atom is -0.398 e. The molecule has 2 aliphatic heterocycles. The summed E-state index contributed by atoms with van der Waals surface area (Å²) in [6.07, 6.45) is 7.32. The summed E-state index contributed by atoms with van der Waals surface area (Å²) >= 11 is 0. The Morgan fingerprint density at radius 2 is 2.03 bits per heavy atom. The molecule has 190 valence electrons. The fourth-order valence-corrected chi connectivity index (χ4v) is 5.81. The monoisotopic (exact) mass is 492 g/mol. The van der Waals surface area contributed by atoms with Crippen molar-refractivity contribution >= 4 is 24.3 Å². The molecule has 0 radical (unpaired) electrons. The van der Waals surface area contributed by atoms with Gasteiger partial charge in [-0.25, -0.2) is 13.9 Å². The zero-order chi connectivity index (χ0) is 25.4. The smallest absolute Gasteiger partial charge is 0.398 e. The first-order valence-corrected chi connectivity index (χ1v) is 13.2. The predicted molar refractivity (Wildman–Crippen MR) is 136 cm³/mol. The molecule has 1 saturated heterocycles. The molecule has 4 heterocycles. The molecular weight excluding hydrogens is 458 g/mol. The Bertz CT molecular complexity index is 1300. The van der Waals surface area contributed by atoms with Crippen molar-refractivity contribution in [2.75, 3.05) is 6.54 Å². The minimum atomic E-state index is -1.17. The van der Waals surface area contributed by atoms with Crippen LogP contribution in [0.15, 0.2) is 35.4 Å². The number of hydrogen-bond acceptors (Lipinski definition) is 5. The van der Waals surface area contributed by atoms with Crippen molar-refractivity contribution in [3.8, 4) is 0 Å². The average Bonchev–Trinajstić information content (AvgIpc) is 3.56. The lowest BCUT2D eigenvalue weighted by Crippen LogP contribution is -2.48. The Balaban J connectivity index is 1.36. The maximum Gasteiger partial charge on any atom is 0.516 e. The van der Waals surface area contributed by atoms with Crippen LogP contribution in [0.4, 0.5) is 4.39 Å². The number of aromatic nitrogens is 3. The van der Waals surface area contributed by atoms with E-state index in [-0.39, 0.29) is 18.5 Å². The third-order valence-electron chi connectivity index (χ3n) is 8.82. The molecule has 0 bridgehead atoms. The van der Waals surface area contributed by atoms with E-state index in [0.29, 0.717) is 22.9 Å². The lowest BCUT2D eigenvalue weighted by molar-refractivity contribution is -0.0118. The molecule has 2 fully saturated rings. The van der Waals surface area contributed by atoms with E-state index in [4.69, 9.17) is 19.4 Å². The maximum absolute atomic E-state index is 15.1. The summed E-state index contributed by atoms with van der Waals surface area (Å²) < 4.78 is 29.5. The number of amides is 1. The number of carbonyl (C=O) groups is 1. The van der Waals surface area contributed by atoms with Gasteiger partial charge >= 0.3 is 7.12 Å². The van der Waals surface area contributed by atoms with Crippen molar-refractivity contribution in [1.82, 2.24) is 19.5 Å². The molecule has 6 rings (SSSR count). The highest BCUT2D eigenvalue weighted by Gasteiger charge is 2.54. The normalized spacial score (nSPS) is 29.8. The Labute approximate surface area is 211 Å². The van der Waals surface area contributed by atoms with Crippen molar-refractivity contribution in [3.63, 3.8) is 0 Å². The highest BCUT2D eigenvalue weighted by molar-refractivity contribution is 6.61. The summed E-state index contributed by atoms with van der Waals surface area (Å²) in [5.41, 5.74) is 3.43. The molecule has 7 nitrogen and oxygen atoms in total. The van der Waals surface area contributed by atoms with Crippen molar-refractivity contribution in [3.05, 3.63) is 46.8 Å². The van der Waals surface area contributed by atoms with Gasteiger partial charge in [0.05, 0.1) is 29.4 Å². The summed E-state index contributed by atoms with van der Waals surface area (Å²) in [5, 5.41) is 4.82.